The molecule has 0 bridgehead atoms. The Balaban J connectivity index is 3.28. The molecule has 0 saturated carbocycles. The van der Waals surface area contributed by atoms with Gasteiger partial charge in [-0.15, -0.1) is 0 Å². The fraction of sp³-hybridized carbons (Fsp3) is 0.467. The quantitative estimate of drug-likeness (QED) is 0.451. The lowest BCUT2D eigenvalue weighted by Gasteiger charge is -2.20. The van der Waals surface area contributed by atoms with E-state index in [9.17, 15) is 4.79 Å². The van der Waals surface area contributed by atoms with Crippen molar-refractivity contribution in [1.82, 2.24) is 5.32 Å². The lowest BCUT2D eigenvalue weighted by atomic mass is 10.0. The fourth-order valence-corrected chi connectivity index (χ4v) is 1.87. The molecule has 0 radical (unpaired) electrons. The molecule has 0 aromatic heterocycles. The Labute approximate surface area is 125 Å². The summed E-state index contributed by atoms with van der Waals surface area (Å²) in [6.45, 7) is 4.76. The SMILES string of the molecule is CCOC(OCC)c1ccccc1/C(=N/OC)C(=O)NC. The molecule has 116 valence electrons. The van der Waals surface area contributed by atoms with Crippen LogP contribution in [0.3, 0.4) is 0 Å². The monoisotopic (exact) mass is 294 g/mol. The summed E-state index contributed by atoms with van der Waals surface area (Å²) in [6.07, 6.45) is -0.553. The third-order valence-corrected chi connectivity index (χ3v) is 2.73. The minimum Gasteiger partial charge on any atom is -0.398 e. The van der Waals surface area contributed by atoms with E-state index >= 15 is 0 Å². The number of likely N-dealkylation sites (N-methyl/N-ethyl adjacent to an activating group) is 1. The van der Waals surface area contributed by atoms with Crippen LogP contribution in [0.2, 0.25) is 0 Å². The molecule has 1 aromatic rings. The summed E-state index contributed by atoms with van der Waals surface area (Å²) in [7, 11) is 2.94. The maximum absolute atomic E-state index is 12.0. The van der Waals surface area contributed by atoms with E-state index in [-0.39, 0.29) is 11.6 Å². The van der Waals surface area contributed by atoms with Crippen molar-refractivity contribution >= 4 is 11.6 Å². The van der Waals surface area contributed by atoms with E-state index in [0.29, 0.717) is 18.8 Å². The molecule has 0 aliphatic rings. The van der Waals surface area contributed by atoms with Gasteiger partial charge in [-0.05, 0) is 13.8 Å². The van der Waals surface area contributed by atoms with E-state index in [0.717, 1.165) is 5.56 Å². The van der Waals surface area contributed by atoms with E-state index in [2.05, 4.69) is 10.5 Å². The molecule has 0 fully saturated rings. The van der Waals surface area contributed by atoms with Crippen molar-refractivity contribution in [1.29, 1.82) is 0 Å². The number of ether oxygens (including phenoxy) is 2. The van der Waals surface area contributed by atoms with Gasteiger partial charge >= 0.3 is 0 Å². The number of carbonyl (C=O) groups is 1. The number of amides is 1. The molecular weight excluding hydrogens is 272 g/mol. The predicted octanol–water partition coefficient (Wildman–Crippen LogP) is 1.85. The molecule has 0 aliphatic carbocycles. The number of hydrogen-bond acceptors (Lipinski definition) is 5. The van der Waals surface area contributed by atoms with Crippen LogP contribution in [0.5, 0.6) is 0 Å². The van der Waals surface area contributed by atoms with Crippen molar-refractivity contribution in [3.63, 3.8) is 0 Å². The van der Waals surface area contributed by atoms with Crippen molar-refractivity contribution in [2.24, 2.45) is 5.16 Å². The molecule has 1 aromatic carbocycles. The van der Waals surface area contributed by atoms with Crippen molar-refractivity contribution in [2.45, 2.75) is 20.1 Å². The number of nitrogens with zero attached hydrogens (tertiary/aromatic N) is 1. The number of hydrogen-bond donors (Lipinski definition) is 1. The second-order valence-corrected chi connectivity index (χ2v) is 4.03. The molecule has 0 aliphatic heterocycles. The Kier molecular flexibility index (Phi) is 7.42. The molecule has 0 saturated heterocycles. The molecule has 0 heterocycles. The van der Waals surface area contributed by atoms with Gasteiger partial charge in [0.15, 0.2) is 12.0 Å². The number of oxime groups is 1. The maximum Gasteiger partial charge on any atom is 0.273 e. The minimum atomic E-state index is -0.553. The largest absolute Gasteiger partial charge is 0.398 e. The van der Waals surface area contributed by atoms with Crippen LogP contribution in [0.4, 0.5) is 0 Å². The Morgan fingerprint density at radius 2 is 1.86 bits per heavy atom. The average Bonchev–Trinajstić information content (AvgIpc) is 2.52. The van der Waals surface area contributed by atoms with Crippen LogP contribution in [0.1, 0.15) is 31.3 Å². The van der Waals surface area contributed by atoms with Crippen LogP contribution in [-0.2, 0) is 19.1 Å². The summed E-state index contributed by atoms with van der Waals surface area (Å²) in [5.74, 6) is -0.337. The molecule has 0 unspecified atom stereocenters. The average molecular weight is 294 g/mol. The summed E-state index contributed by atoms with van der Waals surface area (Å²) in [6, 6.07) is 7.31. The Bertz CT molecular complexity index is 482. The Hall–Kier alpha value is -1.92. The minimum absolute atomic E-state index is 0.181. The van der Waals surface area contributed by atoms with Gasteiger partial charge in [-0.1, -0.05) is 29.4 Å². The van der Waals surface area contributed by atoms with E-state index in [4.69, 9.17) is 14.3 Å². The zero-order valence-electron chi connectivity index (χ0n) is 12.9. The first-order valence-corrected chi connectivity index (χ1v) is 6.85. The molecule has 0 atom stereocenters. The Morgan fingerprint density at radius 1 is 1.24 bits per heavy atom. The van der Waals surface area contributed by atoms with Gasteiger partial charge in [-0.2, -0.15) is 0 Å². The summed E-state index contributed by atoms with van der Waals surface area (Å²) >= 11 is 0. The van der Waals surface area contributed by atoms with Crippen molar-refractivity contribution < 1.29 is 19.1 Å². The van der Waals surface area contributed by atoms with Crippen LogP contribution >= 0.6 is 0 Å². The first-order valence-electron chi connectivity index (χ1n) is 6.85. The molecular formula is C15H22N2O4. The van der Waals surface area contributed by atoms with Crippen molar-refractivity contribution in [3.05, 3.63) is 35.4 Å². The van der Waals surface area contributed by atoms with Gasteiger partial charge < -0.3 is 19.6 Å². The van der Waals surface area contributed by atoms with Gasteiger partial charge in [0.1, 0.15) is 7.11 Å². The third-order valence-electron chi connectivity index (χ3n) is 2.73. The molecule has 1 amide bonds. The van der Waals surface area contributed by atoms with Crippen LogP contribution in [-0.4, -0.2) is 39.0 Å². The van der Waals surface area contributed by atoms with Crippen LogP contribution in [0, 0.1) is 0 Å². The van der Waals surface area contributed by atoms with E-state index in [1.807, 2.05) is 32.0 Å². The molecule has 1 rings (SSSR count). The summed E-state index contributed by atoms with van der Waals surface area (Å²) in [4.78, 5) is 16.8. The van der Waals surface area contributed by atoms with Gasteiger partial charge in [-0.25, -0.2) is 0 Å². The summed E-state index contributed by atoms with van der Waals surface area (Å²) in [5.41, 5.74) is 1.53. The first-order chi connectivity index (χ1) is 10.2. The lowest BCUT2D eigenvalue weighted by Crippen LogP contribution is -2.30. The number of benzene rings is 1. The smallest absolute Gasteiger partial charge is 0.273 e. The van der Waals surface area contributed by atoms with E-state index in [1.165, 1.54) is 7.11 Å². The highest BCUT2D eigenvalue weighted by Crippen LogP contribution is 2.23. The van der Waals surface area contributed by atoms with Crippen molar-refractivity contribution in [3.8, 4) is 0 Å². The first kappa shape index (κ1) is 17.1. The van der Waals surface area contributed by atoms with Crippen LogP contribution < -0.4 is 5.32 Å². The second-order valence-electron chi connectivity index (χ2n) is 4.03. The topological polar surface area (TPSA) is 69.1 Å². The standard InChI is InChI=1S/C15H22N2O4/c1-5-20-15(21-6-2)12-10-8-7-9-11(12)13(17-19-4)14(18)16-3/h7-10,15H,5-6H2,1-4H3,(H,16,18)/b17-13-. The summed E-state index contributed by atoms with van der Waals surface area (Å²) < 4.78 is 11.2. The number of nitrogens with one attached hydrogen (secondary N) is 1. The lowest BCUT2D eigenvalue weighted by molar-refractivity contribution is -0.140. The highest BCUT2D eigenvalue weighted by Gasteiger charge is 2.22. The van der Waals surface area contributed by atoms with E-state index < -0.39 is 6.29 Å². The second kappa shape index (κ2) is 9.10. The fourth-order valence-electron chi connectivity index (χ4n) is 1.87. The zero-order valence-corrected chi connectivity index (χ0v) is 12.9. The van der Waals surface area contributed by atoms with Crippen LogP contribution in [0.25, 0.3) is 0 Å². The molecule has 6 heteroatoms. The van der Waals surface area contributed by atoms with Gasteiger partial charge in [0, 0.05) is 31.4 Å². The number of rotatable bonds is 8. The molecule has 21 heavy (non-hydrogen) atoms. The van der Waals surface area contributed by atoms with Crippen molar-refractivity contribution in [2.75, 3.05) is 27.4 Å². The number of carbonyl (C=O) groups excluding carboxylic acids is 1. The van der Waals surface area contributed by atoms with Gasteiger partial charge in [0.25, 0.3) is 5.91 Å². The molecule has 6 nitrogen and oxygen atoms in total. The molecule has 0 spiro atoms. The Morgan fingerprint density at radius 3 is 2.38 bits per heavy atom. The van der Waals surface area contributed by atoms with E-state index in [1.54, 1.807) is 13.1 Å². The highest BCUT2D eigenvalue weighted by molar-refractivity contribution is 6.45. The zero-order chi connectivity index (χ0) is 15.7. The van der Waals surface area contributed by atoms with Gasteiger partial charge in [0.2, 0.25) is 0 Å². The van der Waals surface area contributed by atoms with Gasteiger partial charge in [-0.3, -0.25) is 4.79 Å². The normalized spacial score (nSPS) is 11.6. The third kappa shape index (κ3) is 4.54. The maximum atomic E-state index is 12.0. The van der Waals surface area contributed by atoms with Crippen LogP contribution in [0.15, 0.2) is 29.4 Å². The summed E-state index contributed by atoms with van der Waals surface area (Å²) in [5, 5.41) is 6.37. The predicted molar refractivity (Wildman–Crippen MR) is 80.0 cm³/mol. The molecule has 1 N–H and O–H groups in total. The highest BCUT2D eigenvalue weighted by atomic mass is 16.7. The van der Waals surface area contributed by atoms with Gasteiger partial charge in [0.05, 0.1) is 0 Å².